The summed E-state index contributed by atoms with van der Waals surface area (Å²) in [5.74, 6) is 0.0927. The summed E-state index contributed by atoms with van der Waals surface area (Å²) in [5, 5.41) is 3.36. The molecule has 0 saturated heterocycles. The monoisotopic (exact) mass is 340 g/mol. The average Bonchev–Trinajstić information content (AvgIpc) is 3.14. The van der Waals surface area contributed by atoms with Gasteiger partial charge in [0.15, 0.2) is 5.58 Å². The number of nitrogens with two attached hydrogens (primary N) is 1. The van der Waals surface area contributed by atoms with Crippen LogP contribution in [0.2, 0.25) is 0 Å². The van der Waals surface area contributed by atoms with E-state index >= 15 is 0 Å². The first-order valence-corrected chi connectivity index (χ1v) is 7.30. The highest BCUT2D eigenvalue weighted by Crippen LogP contribution is 2.31. The van der Waals surface area contributed by atoms with E-state index in [1.54, 1.807) is 6.07 Å². The highest BCUT2D eigenvalue weighted by molar-refractivity contribution is 5.97. The largest absolute Gasteiger partial charge is 0.439 e. The molecule has 0 aliphatic heterocycles. The maximum Gasteiger partial charge on any atom is 0.312 e. The number of carbonyl (C=O) groups excluding carboxylic acids is 1. The Kier molecular flexibility index (Phi) is 4.14. The number of nitrogens with one attached hydrogen (secondary N) is 2. The molecule has 2 heterocycles. The molecule has 7 heteroatoms. The van der Waals surface area contributed by atoms with Gasteiger partial charge in [-0.05, 0) is 35.9 Å². The van der Waals surface area contributed by atoms with Gasteiger partial charge in [0, 0.05) is 22.7 Å². The second-order valence-corrected chi connectivity index (χ2v) is 5.40. The molecule has 0 atom stereocenters. The molecule has 2 amide bonds. The topological polar surface area (TPSA) is 96.9 Å². The van der Waals surface area contributed by atoms with E-state index < -0.39 is 6.03 Å². The Labute approximate surface area is 142 Å². The molecule has 0 aliphatic rings. The van der Waals surface area contributed by atoms with Crippen molar-refractivity contribution in [3.8, 4) is 11.1 Å². The van der Waals surface area contributed by atoms with Crippen molar-refractivity contribution in [2.24, 2.45) is 5.73 Å². The SMILES string of the molecule is C.NC(=O)NCc1nc2ccc(-c3c[nH]c4cc(F)ccc34)cc2o1. The number of H-pyrrole nitrogens is 1. The van der Waals surface area contributed by atoms with Crippen LogP contribution in [0.15, 0.2) is 47.0 Å². The maximum atomic E-state index is 13.3. The van der Waals surface area contributed by atoms with Gasteiger partial charge in [-0.1, -0.05) is 13.5 Å². The molecular formula is C18H17FN4O2. The van der Waals surface area contributed by atoms with E-state index in [0.29, 0.717) is 17.0 Å². The van der Waals surface area contributed by atoms with Crippen LogP contribution in [0, 0.1) is 5.82 Å². The fourth-order valence-corrected chi connectivity index (χ4v) is 2.72. The van der Waals surface area contributed by atoms with Crippen LogP contribution < -0.4 is 11.1 Å². The zero-order valence-electron chi connectivity index (χ0n) is 12.5. The molecule has 4 rings (SSSR count). The summed E-state index contributed by atoms with van der Waals surface area (Å²) in [6.07, 6.45) is 1.83. The minimum atomic E-state index is -0.635. The molecule has 0 spiro atoms. The number of nitrogens with zero attached hydrogens (tertiary/aromatic N) is 1. The van der Waals surface area contributed by atoms with Gasteiger partial charge in [-0.25, -0.2) is 14.2 Å². The van der Waals surface area contributed by atoms with E-state index in [4.69, 9.17) is 10.2 Å². The number of primary amides is 1. The molecule has 2 aromatic heterocycles. The highest BCUT2D eigenvalue weighted by Gasteiger charge is 2.11. The summed E-state index contributed by atoms with van der Waals surface area (Å²) in [6.45, 7) is 0.131. The number of urea groups is 1. The summed E-state index contributed by atoms with van der Waals surface area (Å²) < 4.78 is 18.9. The Bertz CT molecular complexity index is 1070. The number of halogens is 1. The van der Waals surface area contributed by atoms with Gasteiger partial charge in [0.25, 0.3) is 0 Å². The van der Waals surface area contributed by atoms with Crippen LogP contribution >= 0.6 is 0 Å². The number of carbonyl (C=O) groups is 1. The van der Waals surface area contributed by atoms with Crippen LogP contribution in [0.25, 0.3) is 33.1 Å². The molecule has 6 nitrogen and oxygen atoms in total. The highest BCUT2D eigenvalue weighted by atomic mass is 19.1. The fourth-order valence-electron chi connectivity index (χ4n) is 2.72. The molecular weight excluding hydrogens is 323 g/mol. The van der Waals surface area contributed by atoms with Crippen molar-refractivity contribution in [2.45, 2.75) is 14.0 Å². The molecule has 4 aromatic rings. The van der Waals surface area contributed by atoms with E-state index in [9.17, 15) is 9.18 Å². The van der Waals surface area contributed by atoms with Crippen LogP contribution in [-0.4, -0.2) is 16.0 Å². The predicted molar refractivity (Wildman–Crippen MR) is 94.4 cm³/mol. The van der Waals surface area contributed by atoms with E-state index in [1.165, 1.54) is 12.1 Å². The zero-order chi connectivity index (χ0) is 16.7. The first-order chi connectivity index (χ1) is 11.6. The summed E-state index contributed by atoms with van der Waals surface area (Å²) in [7, 11) is 0. The van der Waals surface area contributed by atoms with Crippen molar-refractivity contribution in [3.05, 3.63) is 54.3 Å². The standard InChI is InChI=1S/C17H13FN4O2.CH4/c18-10-2-3-11-12(7-20-14(11)6-10)9-1-4-13-15(5-9)24-16(22-13)8-21-17(19)23;/h1-7,20H,8H2,(H3,19,21,23);1H4. The molecule has 0 saturated carbocycles. The van der Waals surface area contributed by atoms with Crippen molar-refractivity contribution in [1.29, 1.82) is 0 Å². The Morgan fingerprint density at radius 2 is 2.12 bits per heavy atom. The van der Waals surface area contributed by atoms with Crippen LogP contribution in [0.5, 0.6) is 0 Å². The van der Waals surface area contributed by atoms with Crippen molar-refractivity contribution < 1.29 is 13.6 Å². The minimum Gasteiger partial charge on any atom is -0.439 e. The first kappa shape index (κ1) is 16.5. The molecule has 2 aromatic carbocycles. The number of rotatable bonds is 3. The number of fused-ring (bicyclic) bond motifs is 2. The normalized spacial score (nSPS) is 10.8. The lowest BCUT2D eigenvalue weighted by Crippen LogP contribution is -2.28. The van der Waals surface area contributed by atoms with Gasteiger partial charge in [0.1, 0.15) is 11.3 Å². The fraction of sp³-hybridized carbons (Fsp3) is 0.111. The van der Waals surface area contributed by atoms with Crippen LogP contribution in [-0.2, 0) is 6.54 Å². The van der Waals surface area contributed by atoms with Gasteiger partial charge >= 0.3 is 6.03 Å². The number of benzene rings is 2. The molecule has 0 unspecified atom stereocenters. The number of amides is 2. The van der Waals surface area contributed by atoms with Gasteiger partial charge in [-0.3, -0.25) is 0 Å². The van der Waals surface area contributed by atoms with Crippen molar-refractivity contribution in [2.75, 3.05) is 0 Å². The molecule has 128 valence electrons. The summed E-state index contributed by atoms with van der Waals surface area (Å²) in [4.78, 5) is 18.1. The number of aromatic amines is 1. The number of aromatic nitrogens is 2. The lowest BCUT2D eigenvalue weighted by Gasteiger charge is -1.99. The number of oxazole rings is 1. The smallest absolute Gasteiger partial charge is 0.312 e. The van der Waals surface area contributed by atoms with Crippen LogP contribution in [0.1, 0.15) is 13.3 Å². The van der Waals surface area contributed by atoms with E-state index in [0.717, 1.165) is 22.0 Å². The summed E-state index contributed by atoms with van der Waals surface area (Å²) in [6, 6.07) is 9.61. The van der Waals surface area contributed by atoms with E-state index in [1.807, 2.05) is 24.4 Å². The molecule has 0 radical (unpaired) electrons. The molecule has 0 fully saturated rings. The molecule has 4 N–H and O–H groups in total. The van der Waals surface area contributed by atoms with Crippen LogP contribution in [0.4, 0.5) is 9.18 Å². The number of hydrogen-bond acceptors (Lipinski definition) is 3. The summed E-state index contributed by atoms with van der Waals surface area (Å²) >= 11 is 0. The third-order valence-electron chi connectivity index (χ3n) is 3.80. The molecule has 25 heavy (non-hydrogen) atoms. The number of hydrogen-bond donors (Lipinski definition) is 3. The maximum absolute atomic E-state index is 13.3. The van der Waals surface area contributed by atoms with Crippen LogP contribution in [0.3, 0.4) is 0 Å². The zero-order valence-corrected chi connectivity index (χ0v) is 12.5. The van der Waals surface area contributed by atoms with Gasteiger partial charge in [0.05, 0.1) is 6.54 Å². The Morgan fingerprint density at radius 1 is 1.28 bits per heavy atom. The third kappa shape index (κ3) is 3.03. The Balaban J connectivity index is 0.00000182. The second kappa shape index (κ2) is 6.27. The van der Waals surface area contributed by atoms with Crippen molar-refractivity contribution in [3.63, 3.8) is 0 Å². The van der Waals surface area contributed by atoms with Gasteiger partial charge in [-0.2, -0.15) is 0 Å². The average molecular weight is 340 g/mol. The first-order valence-electron chi connectivity index (χ1n) is 7.30. The lowest BCUT2D eigenvalue weighted by molar-refractivity contribution is 0.247. The molecule has 0 bridgehead atoms. The van der Waals surface area contributed by atoms with E-state index in [-0.39, 0.29) is 19.8 Å². The van der Waals surface area contributed by atoms with Gasteiger partial charge in [-0.15, -0.1) is 0 Å². The second-order valence-electron chi connectivity index (χ2n) is 5.40. The predicted octanol–water partition coefficient (Wildman–Crippen LogP) is 3.92. The Morgan fingerprint density at radius 3 is 2.92 bits per heavy atom. The minimum absolute atomic E-state index is 0. The lowest BCUT2D eigenvalue weighted by atomic mass is 10.0. The Hall–Kier alpha value is -3.35. The third-order valence-corrected chi connectivity index (χ3v) is 3.80. The van der Waals surface area contributed by atoms with Crippen molar-refractivity contribution in [1.82, 2.24) is 15.3 Å². The van der Waals surface area contributed by atoms with Gasteiger partial charge < -0.3 is 20.5 Å². The van der Waals surface area contributed by atoms with Crippen molar-refractivity contribution >= 4 is 28.0 Å². The molecule has 0 aliphatic carbocycles. The summed E-state index contributed by atoms with van der Waals surface area (Å²) in [5.41, 5.74) is 8.92. The van der Waals surface area contributed by atoms with E-state index in [2.05, 4.69) is 15.3 Å². The quantitative estimate of drug-likeness (QED) is 0.527. The van der Waals surface area contributed by atoms with Gasteiger partial charge in [0.2, 0.25) is 5.89 Å².